The van der Waals surface area contributed by atoms with Crippen molar-refractivity contribution in [3.05, 3.63) is 233 Å². The Kier molecular flexibility index (Phi) is 19.6. The third-order valence-corrected chi connectivity index (χ3v) is 16.1. The lowest BCUT2D eigenvalue weighted by Gasteiger charge is -2.42. The molecule has 2 aromatic heterocycles. The van der Waals surface area contributed by atoms with Gasteiger partial charge in [-0.3, -0.25) is 14.2 Å². The van der Waals surface area contributed by atoms with Crippen LogP contribution in [0.3, 0.4) is 0 Å². The molecule has 0 saturated carbocycles. The molecule has 2 saturated heterocycles. The summed E-state index contributed by atoms with van der Waals surface area (Å²) in [6, 6.07) is 55.5. The molecule has 2 aliphatic heterocycles. The summed E-state index contributed by atoms with van der Waals surface area (Å²) in [5.41, 5.74) is 7.67. The second-order valence-corrected chi connectivity index (χ2v) is 23.9. The fraction of sp³-hybridized carbons (Fsp3) is 0.385. The van der Waals surface area contributed by atoms with Gasteiger partial charge in [0, 0.05) is 41.2 Å². The van der Waals surface area contributed by atoms with E-state index in [1.165, 1.54) is 5.56 Å². The van der Waals surface area contributed by atoms with Crippen LogP contribution in [0.25, 0.3) is 0 Å². The van der Waals surface area contributed by atoms with Gasteiger partial charge in [0.1, 0.15) is 11.2 Å². The van der Waals surface area contributed by atoms with Crippen LogP contribution in [0.1, 0.15) is 118 Å². The largest absolute Gasteiger partial charge is 0.380 e. The predicted octanol–water partition coefficient (Wildman–Crippen LogP) is 12.1. The molecular formula is C65H80N4O5S. The minimum atomic E-state index is -3.70. The highest BCUT2D eigenvalue weighted by atomic mass is 32.2. The molecule has 0 amide bonds. The Morgan fingerprint density at radius 2 is 0.920 bits per heavy atom. The first-order valence-electron chi connectivity index (χ1n) is 26.8. The first-order chi connectivity index (χ1) is 35.9. The zero-order chi connectivity index (χ0) is 53.5. The molecule has 5 aromatic carbocycles. The number of likely N-dealkylation sites (tertiary alicyclic amines) is 1. The van der Waals surface area contributed by atoms with Crippen LogP contribution >= 0.6 is 0 Å². The second-order valence-electron chi connectivity index (χ2n) is 22.3. The molecule has 0 aliphatic carbocycles. The van der Waals surface area contributed by atoms with Crippen LogP contribution in [0.2, 0.25) is 0 Å². The van der Waals surface area contributed by atoms with Gasteiger partial charge in [0.05, 0.1) is 11.5 Å². The Balaban J connectivity index is 0.000000170. The van der Waals surface area contributed by atoms with E-state index in [0.29, 0.717) is 6.42 Å². The van der Waals surface area contributed by atoms with E-state index in [2.05, 4.69) is 98.1 Å². The van der Waals surface area contributed by atoms with E-state index in [-0.39, 0.29) is 34.2 Å². The predicted molar refractivity (Wildman–Crippen MR) is 304 cm³/mol. The van der Waals surface area contributed by atoms with E-state index in [0.717, 1.165) is 110 Å². The van der Waals surface area contributed by atoms with Gasteiger partial charge in [0.25, 0.3) is 10.1 Å². The molecule has 75 heavy (non-hydrogen) atoms. The molecule has 0 spiro atoms. The van der Waals surface area contributed by atoms with Crippen LogP contribution in [0.15, 0.2) is 187 Å². The van der Waals surface area contributed by atoms with Crippen LogP contribution in [0.4, 0.5) is 0 Å². The summed E-state index contributed by atoms with van der Waals surface area (Å²) < 4.78 is 29.3. The summed E-state index contributed by atoms with van der Waals surface area (Å²) in [5, 5.41) is 27.0. The Bertz CT molecular complexity index is 2800. The topological polar surface area (TPSA) is 125 Å². The summed E-state index contributed by atoms with van der Waals surface area (Å²) in [5.74, 6) is 0.463. The third kappa shape index (κ3) is 15.2. The number of nitrogens with one attached hydrogen (secondary N) is 1. The molecule has 3 N–H and O–H groups in total. The summed E-state index contributed by atoms with van der Waals surface area (Å²) in [6.45, 7) is 19.9. The lowest BCUT2D eigenvalue weighted by Crippen LogP contribution is -2.44. The molecule has 396 valence electrons. The molecule has 9 rings (SSSR count). The van der Waals surface area contributed by atoms with Crippen LogP contribution in [0, 0.1) is 18.8 Å². The molecular weight excluding hydrogens is 949 g/mol. The number of aliphatic hydroxyl groups is 2. The van der Waals surface area contributed by atoms with Crippen molar-refractivity contribution in [2.24, 2.45) is 11.8 Å². The number of benzene rings is 5. The van der Waals surface area contributed by atoms with Gasteiger partial charge in [-0.25, -0.2) is 0 Å². The number of nitrogens with zero attached hydrogens (tertiary/aromatic N) is 3. The SMILES string of the molecule is CC(C)(C)c1ccc(CCN2CCC(C(O)(c3ccccc3)c3ccccc3)CC2)cn1.Cc1ccc(S(=O)(=O)OCCc2ccc(C(C)(C)C)nc2)cc1.OC(c1ccccc1)(c1ccccc1)C1CCNCC1. The van der Waals surface area contributed by atoms with Crippen molar-refractivity contribution in [1.29, 1.82) is 0 Å². The number of hydrogen-bond acceptors (Lipinski definition) is 9. The first kappa shape index (κ1) is 56.9. The third-order valence-electron chi connectivity index (χ3n) is 14.8. The summed E-state index contributed by atoms with van der Waals surface area (Å²) in [4.78, 5) is 11.8. The maximum Gasteiger partial charge on any atom is 0.296 e. The highest BCUT2D eigenvalue weighted by Crippen LogP contribution is 2.43. The summed E-state index contributed by atoms with van der Waals surface area (Å²) in [7, 11) is -3.70. The van der Waals surface area contributed by atoms with Crippen molar-refractivity contribution >= 4 is 10.1 Å². The lowest BCUT2D eigenvalue weighted by atomic mass is 9.72. The normalized spacial score (nSPS) is 15.3. The first-order valence-corrected chi connectivity index (χ1v) is 28.2. The second kappa shape index (κ2) is 25.8. The fourth-order valence-corrected chi connectivity index (χ4v) is 11.1. The van der Waals surface area contributed by atoms with E-state index in [4.69, 9.17) is 4.18 Å². The molecule has 0 atom stereocenters. The van der Waals surface area contributed by atoms with Crippen molar-refractivity contribution < 1.29 is 22.8 Å². The van der Waals surface area contributed by atoms with Gasteiger partial charge in [-0.2, -0.15) is 8.42 Å². The molecule has 7 aromatic rings. The molecule has 9 nitrogen and oxygen atoms in total. The van der Waals surface area contributed by atoms with Gasteiger partial charge >= 0.3 is 0 Å². The van der Waals surface area contributed by atoms with E-state index in [9.17, 15) is 18.6 Å². The quantitative estimate of drug-likeness (QED) is 0.0913. The number of aryl methyl sites for hydroxylation is 1. The average Bonchev–Trinajstić information content (AvgIpc) is 3.43. The fourth-order valence-electron chi connectivity index (χ4n) is 10.2. The van der Waals surface area contributed by atoms with Gasteiger partial charge < -0.3 is 20.4 Å². The number of pyridine rings is 2. The molecule has 2 aliphatic rings. The molecule has 0 bridgehead atoms. The van der Waals surface area contributed by atoms with Gasteiger partial charge in [0.2, 0.25) is 0 Å². The highest BCUT2D eigenvalue weighted by Gasteiger charge is 2.42. The van der Waals surface area contributed by atoms with E-state index < -0.39 is 21.3 Å². The van der Waals surface area contributed by atoms with Crippen LogP contribution in [0.5, 0.6) is 0 Å². The minimum absolute atomic E-state index is 0.00378. The number of rotatable bonds is 14. The van der Waals surface area contributed by atoms with E-state index in [1.807, 2.05) is 122 Å². The zero-order valence-electron chi connectivity index (χ0n) is 45.3. The molecule has 0 radical (unpaired) electrons. The Hall–Kier alpha value is -5.85. The van der Waals surface area contributed by atoms with Gasteiger partial charge in [-0.15, -0.1) is 0 Å². The van der Waals surface area contributed by atoms with Gasteiger partial charge in [-0.05, 0) is 141 Å². The monoisotopic (exact) mass is 1030 g/mol. The summed E-state index contributed by atoms with van der Waals surface area (Å²) >= 11 is 0. The lowest BCUT2D eigenvalue weighted by molar-refractivity contribution is -0.0140. The molecule has 2 fully saturated rings. The Labute approximate surface area is 448 Å². The standard InChI is InChI=1S/C29H36N2O.C18H23NO3S.C18H21NO/c1-28(2,3)27-15-14-23(22-30-27)16-19-31-20-17-26(18-21-31)29(32,24-10-6-4-7-11-24)25-12-8-5-9-13-25;1-14-5-8-16(9-6-14)23(20,21)22-12-11-15-7-10-17(19-13-15)18(2,3)4;20-18(15-7-3-1-4-8-15,16-9-5-2-6-10-16)17-11-13-19-14-12-17/h4-15,22,26,32H,16-21H2,1-3H3;5-10,13H,11-12H2,1-4H3;1-10,17,19-20H,11-14H2. The number of aromatic nitrogens is 2. The minimum Gasteiger partial charge on any atom is -0.380 e. The maximum absolute atomic E-state index is 12.1. The van der Waals surface area contributed by atoms with Crippen molar-refractivity contribution in [1.82, 2.24) is 20.2 Å². The Morgan fingerprint density at radius 3 is 1.29 bits per heavy atom. The van der Waals surface area contributed by atoms with Gasteiger partial charge in [-0.1, -0.05) is 193 Å². The average molecular weight is 1030 g/mol. The molecule has 0 unspecified atom stereocenters. The number of piperidine rings is 2. The van der Waals surface area contributed by atoms with Gasteiger partial charge in [0.15, 0.2) is 0 Å². The van der Waals surface area contributed by atoms with Crippen molar-refractivity contribution in [2.45, 2.75) is 114 Å². The van der Waals surface area contributed by atoms with Crippen molar-refractivity contribution in [2.75, 3.05) is 39.3 Å². The Morgan fingerprint density at radius 1 is 0.533 bits per heavy atom. The van der Waals surface area contributed by atoms with Crippen molar-refractivity contribution in [3.8, 4) is 0 Å². The van der Waals surface area contributed by atoms with Crippen LogP contribution < -0.4 is 5.32 Å². The van der Waals surface area contributed by atoms with E-state index in [1.54, 1.807) is 30.5 Å². The van der Waals surface area contributed by atoms with Crippen molar-refractivity contribution in [3.63, 3.8) is 0 Å². The molecule has 4 heterocycles. The molecule has 10 heteroatoms. The van der Waals surface area contributed by atoms with Crippen LogP contribution in [-0.4, -0.2) is 72.8 Å². The number of hydrogen-bond donors (Lipinski definition) is 3. The zero-order valence-corrected chi connectivity index (χ0v) is 46.1. The maximum atomic E-state index is 12.1. The highest BCUT2D eigenvalue weighted by molar-refractivity contribution is 7.86. The smallest absolute Gasteiger partial charge is 0.296 e. The van der Waals surface area contributed by atoms with E-state index >= 15 is 0 Å². The summed E-state index contributed by atoms with van der Waals surface area (Å²) in [6.07, 6.45) is 9.31. The van der Waals surface area contributed by atoms with Crippen LogP contribution in [-0.2, 0) is 49.2 Å².